The van der Waals surface area contributed by atoms with E-state index in [1.54, 1.807) is 16.7 Å². The maximum atomic E-state index is 12.4. The lowest BCUT2D eigenvalue weighted by Gasteiger charge is -2.35. The Morgan fingerprint density at radius 1 is 1.00 bits per heavy atom. The van der Waals surface area contributed by atoms with Crippen LogP contribution in [0.3, 0.4) is 0 Å². The van der Waals surface area contributed by atoms with Crippen LogP contribution in [0.15, 0.2) is 86.1 Å². The largest absolute Gasteiger partial charge is 0.494 e. The smallest absolute Gasteiger partial charge is 0.247 e. The predicted octanol–water partition coefficient (Wildman–Crippen LogP) is 4.82. The number of hydrogen-bond acceptors (Lipinski definition) is 12. The van der Waals surface area contributed by atoms with Gasteiger partial charge in [-0.25, -0.2) is 24.5 Å². The summed E-state index contributed by atoms with van der Waals surface area (Å²) in [6.07, 6.45) is 6.82. The molecule has 48 heavy (non-hydrogen) atoms. The molecule has 2 aliphatic heterocycles. The van der Waals surface area contributed by atoms with Gasteiger partial charge in [-0.1, -0.05) is 18.7 Å². The molecule has 1 amide bonds. The molecule has 3 aromatic heterocycles. The number of methoxy groups -OCH3 is 1. The number of carbonyl (C=O) groups is 1. The van der Waals surface area contributed by atoms with Gasteiger partial charge in [-0.05, 0) is 43.0 Å². The van der Waals surface area contributed by atoms with Crippen LogP contribution < -0.4 is 30.1 Å². The minimum atomic E-state index is -0.297. The highest BCUT2D eigenvalue weighted by atomic mass is 16.7. The van der Waals surface area contributed by atoms with Gasteiger partial charge in [0.25, 0.3) is 0 Å². The first-order valence-electron chi connectivity index (χ1n) is 15.6. The van der Waals surface area contributed by atoms with Gasteiger partial charge in [0.2, 0.25) is 5.91 Å². The lowest BCUT2D eigenvalue weighted by atomic mass is 10.0. The SMILES string of the molecule is C=CC(=O)Nc1cc(Nc2cc(N3OCCC3c3cccc(Oc4ccn5ncnc5c4)c3)ncn2)c(OC)cc1N1CCN(C)CC1. The highest BCUT2D eigenvalue weighted by molar-refractivity contribution is 6.02. The number of nitrogens with one attached hydrogen (secondary N) is 2. The topological polar surface area (TPSA) is 135 Å². The molecule has 14 heteroatoms. The molecule has 7 rings (SSSR count). The molecule has 2 saturated heterocycles. The Bertz CT molecular complexity index is 1940. The van der Waals surface area contributed by atoms with Crippen molar-refractivity contribution in [1.82, 2.24) is 29.5 Å². The van der Waals surface area contributed by atoms with Crippen molar-refractivity contribution in [2.24, 2.45) is 0 Å². The summed E-state index contributed by atoms with van der Waals surface area (Å²) in [4.78, 5) is 36.3. The van der Waals surface area contributed by atoms with E-state index in [1.165, 1.54) is 18.7 Å². The van der Waals surface area contributed by atoms with Crippen LogP contribution in [0.2, 0.25) is 0 Å². The summed E-state index contributed by atoms with van der Waals surface area (Å²) in [6.45, 7) is 7.62. The second-order valence-corrected chi connectivity index (χ2v) is 11.5. The first-order valence-corrected chi connectivity index (χ1v) is 15.6. The van der Waals surface area contributed by atoms with Gasteiger partial charge in [-0.15, -0.1) is 0 Å². The summed E-state index contributed by atoms with van der Waals surface area (Å²) in [5, 5.41) is 12.3. The zero-order valence-electron chi connectivity index (χ0n) is 26.7. The van der Waals surface area contributed by atoms with Crippen LogP contribution in [0.25, 0.3) is 5.65 Å². The summed E-state index contributed by atoms with van der Waals surface area (Å²) in [5.74, 6) is 2.79. The highest BCUT2D eigenvalue weighted by Crippen LogP contribution is 2.40. The molecule has 14 nitrogen and oxygen atoms in total. The number of hydroxylamine groups is 1. The second-order valence-electron chi connectivity index (χ2n) is 11.5. The monoisotopic (exact) mass is 648 g/mol. The molecule has 5 heterocycles. The van der Waals surface area contributed by atoms with E-state index in [2.05, 4.69) is 54.1 Å². The number of rotatable bonds is 10. The number of amides is 1. The molecule has 2 aromatic carbocycles. The number of ether oxygens (including phenoxy) is 2. The van der Waals surface area contributed by atoms with Gasteiger partial charge in [-0.3, -0.25) is 9.63 Å². The van der Waals surface area contributed by atoms with Crippen LogP contribution in [-0.4, -0.2) is 82.3 Å². The predicted molar refractivity (Wildman–Crippen MR) is 182 cm³/mol. The summed E-state index contributed by atoms with van der Waals surface area (Å²) >= 11 is 0. The Kier molecular flexibility index (Phi) is 8.72. The van der Waals surface area contributed by atoms with Crippen molar-refractivity contribution in [3.8, 4) is 17.2 Å². The summed E-state index contributed by atoms with van der Waals surface area (Å²) < 4.78 is 13.7. The summed E-state index contributed by atoms with van der Waals surface area (Å²) in [6, 6.07) is 17.1. The number of fused-ring (bicyclic) bond motifs is 1. The molecule has 246 valence electrons. The van der Waals surface area contributed by atoms with Crippen LogP contribution in [0.1, 0.15) is 18.0 Å². The Balaban J connectivity index is 1.12. The van der Waals surface area contributed by atoms with Crippen molar-refractivity contribution in [1.29, 1.82) is 0 Å². The van der Waals surface area contributed by atoms with E-state index in [0.29, 0.717) is 52.5 Å². The van der Waals surface area contributed by atoms with Crippen LogP contribution in [-0.2, 0) is 9.63 Å². The van der Waals surface area contributed by atoms with Crippen LogP contribution in [0.4, 0.5) is 28.7 Å². The van der Waals surface area contributed by atoms with E-state index in [1.807, 2.05) is 60.8 Å². The van der Waals surface area contributed by atoms with Crippen molar-refractivity contribution in [3.63, 3.8) is 0 Å². The molecule has 2 N–H and O–H groups in total. The van der Waals surface area contributed by atoms with E-state index >= 15 is 0 Å². The summed E-state index contributed by atoms with van der Waals surface area (Å²) in [5.41, 5.74) is 3.88. The zero-order valence-corrected chi connectivity index (χ0v) is 26.7. The molecule has 0 radical (unpaired) electrons. The van der Waals surface area contributed by atoms with Gasteiger partial charge in [0.15, 0.2) is 11.5 Å². The Morgan fingerprint density at radius 2 is 1.85 bits per heavy atom. The van der Waals surface area contributed by atoms with E-state index < -0.39 is 0 Å². The average Bonchev–Trinajstić information content (AvgIpc) is 3.79. The minimum absolute atomic E-state index is 0.103. The Labute approximate surface area is 277 Å². The average molecular weight is 649 g/mol. The number of benzene rings is 2. The van der Waals surface area contributed by atoms with E-state index in [4.69, 9.17) is 14.3 Å². The number of hydrogen-bond donors (Lipinski definition) is 2. The lowest BCUT2D eigenvalue weighted by Crippen LogP contribution is -2.44. The molecule has 0 spiro atoms. The normalized spacial score (nSPS) is 16.6. The van der Waals surface area contributed by atoms with Gasteiger partial charge in [0.05, 0.1) is 36.8 Å². The van der Waals surface area contributed by atoms with E-state index in [-0.39, 0.29) is 11.9 Å². The number of carbonyl (C=O) groups excluding carboxylic acids is 1. The number of pyridine rings is 1. The molecule has 1 atom stereocenters. The fraction of sp³-hybridized carbons (Fsp3) is 0.265. The maximum Gasteiger partial charge on any atom is 0.247 e. The van der Waals surface area contributed by atoms with Gasteiger partial charge in [0.1, 0.15) is 35.7 Å². The molecule has 0 bridgehead atoms. The third-order valence-electron chi connectivity index (χ3n) is 8.38. The van der Waals surface area contributed by atoms with Gasteiger partial charge < -0.3 is 29.9 Å². The molecular weight excluding hydrogens is 612 g/mol. The molecule has 2 fully saturated rings. The van der Waals surface area contributed by atoms with Crippen molar-refractivity contribution in [2.45, 2.75) is 12.5 Å². The number of aromatic nitrogens is 5. The molecule has 5 aromatic rings. The molecule has 0 saturated carbocycles. The number of nitrogens with zero attached hydrogens (tertiary/aromatic N) is 8. The number of likely N-dealkylation sites (N-methyl/N-ethyl adjacent to an activating group) is 1. The lowest BCUT2D eigenvalue weighted by molar-refractivity contribution is -0.111. The van der Waals surface area contributed by atoms with Crippen molar-refractivity contribution in [3.05, 3.63) is 91.7 Å². The van der Waals surface area contributed by atoms with Gasteiger partial charge in [0, 0.05) is 57.0 Å². The van der Waals surface area contributed by atoms with Crippen LogP contribution in [0, 0.1) is 0 Å². The van der Waals surface area contributed by atoms with Crippen LogP contribution >= 0.6 is 0 Å². The molecule has 2 aliphatic rings. The fourth-order valence-electron chi connectivity index (χ4n) is 5.88. The molecule has 0 aliphatic carbocycles. The Morgan fingerprint density at radius 3 is 2.69 bits per heavy atom. The summed E-state index contributed by atoms with van der Waals surface area (Å²) in [7, 11) is 3.72. The maximum absolute atomic E-state index is 12.4. The van der Waals surface area contributed by atoms with E-state index in [9.17, 15) is 4.79 Å². The fourth-order valence-corrected chi connectivity index (χ4v) is 5.88. The molecular formula is C34H36N10O4. The highest BCUT2D eigenvalue weighted by Gasteiger charge is 2.30. The quantitative estimate of drug-likeness (QED) is 0.201. The van der Waals surface area contributed by atoms with Crippen molar-refractivity contribution >= 4 is 40.3 Å². The second kappa shape index (κ2) is 13.6. The first-order chi connectivity index (χ1) is 23.5. The standard InChI is InChI=1S/C34H36N10O4/c1-4-34(45)40-26-18-27(30(46-3)19-29(26)42-13-11-41(2)12-14-42)39-31-20-33(36-21-35-31)44-28(9-15-47-44)23-6-5-7-24(16-23)48-25-8-10-43-32(17-25)37-22-38-43/h4-8,10,16-22,28H,1,9,11-15H2,2-3H3,(H,40,45)(H,35,36,39). The first kappa shape index (κ1) is 30.9. The zero-order chi connectivity index (χ0) is 33.0. The van der Waals surface area contributed by atoms with Crippen molar-refractivity contribution < 1.29 is 19.1 Å². The minimum Gasteiger partial charge on any atom is -0.494 e. The van der Waals surface area contributed by atoms with Gasteiger partial charge in [-0.2, -0.15) is 5.10 Å². The van der Waals surface area contributed by atoms with E-state index in [0.717, 1.165) is 43.9 Å². The van der Waals surface area contributed by atoms with Crippen molar-refractivity contribution in [2.75, 3.05) is 67.5 Å². The third kappa shape index (κ3) is 6.56. The molecule has 1 unspecified atom stereocenters. The number of piperazine rings is 1. The number of anilines is 5. The Hall–Kier alpha value is -5.73. The third-order valence-corrected chi connectivity index (χ3v) is 8.38. The van der Waals surface area contributed by atoms with Gasteiger partial charge >= 0.3 is 0 Å². The van der Waals surface area contributed by atoms with Crippen LogP contribution in [0.5, 0.6) is 17.2 Å².